The van der Waals surface area contributed by atoms with Gasteiger partial charge in [-0.2, -0.15) is 0 Å². The smallest absolute Gasteiger partial charge is 0.161 e. The quantitative estimate of drug-likeness (QED) is 0.750. The van der Waals surface area contributed by atoms with E-state index in [-0.39, 0.29) is 36.1 Å². The Morgan fingerprint density at radius 1 is 1.09 bits per heavy atom. The lowest BCUT2D eigenvalue weighted by molar-refractivity contribution is -0.0250. The van der Waals surface area contributed by atoms with Crippen LogP contribution >= 0.6 is 12.4 Å². The predicted octanol–water partition coefficient (Wildman–Crippen LogP) is 3.09. The summed E-state index contributed by atoms with van der Waals surface area (Å²) < 4.78 is 6.06. The summed E-state index contributed by atoms with van der Waals surface area (Å²) >= 11 is 0. The van der Waals surface area contributed by atoms with Crippen LogP contribution in [0.5, 0.6) is 11.5 Å². The van der Waals surface area contributed by atoms with Crippen molar-refractivity contribution in [2.45, 2.75) is 31.5 Å². The normalized spacial score (nSPS) is 19.7. The van der Waals surface area contributed by atoms with Gasteiger partial charge in [0.2, 0.25) is 0 Å². The molecule has 4 N–H and O–H groups in total. The number of rotatable bonds is 4. The van der Waals surface area contributed by atoms with E-state index in [0.717, 1.165) is 24.0 Å². The van der Waals surface area contributed by atoms with Gasteiger partial charge in [-0.1, -0.05) is 36.4 Å². The number of benzene rings is 2. The van der Waals surface area contributed by atoms with Gasteiger partial charge in [-0.25, -0.2) is 0 Å². The summed E-state index contributed by atoms with van der Waals surface area (Å²) in [6.07, 6.45) is 2.14. The second kappa shape index (κ2) is 7.68. The van der Waals surface area contributed by atoms with Gasteiger partial charge in [-0.05, 0) is 30.0 Å². The number of halogens is 1. The molecule has 2 unspecified atom stereocenters. The average molecular weight is 336 g/mol. The molecule has 0 aromatic heterocycles. The Labute approximate surface area is 142 Å². The molecule has 1 heterocycles. The van der Waals surface area contributed by atoms with Crippen molar-refractivity contribution in [2.24, 2.45) is 5.73 Å². The van der Waals surface area contributed by atoms with E-state index in [1.807, 2.05) is 18.2 Å². The van der Waals surface area contributed by atoms with Gasteiger partial charge >= 0.3 is 0 Å². The first-order valence-electron chi connectivity index (χ1n) is 7.62. The number of phenolic OH excluding ortho intramolecular Hbond substituents is 2. The Bertz CT molecular complexity index is 648. The van der Waals surface area contributed by atoms with Crippen molar-refractivity contribution in [1.82, 2.24) is 0 Å². The second-order valence-corrected chi connectivity index (χ2v) is 5.71. The van der Waals surface area contributed by atoms with Crippen molar-refractivity contribution in [3.8, 4) is 11.5 Å². The molecular weight excluding hydrogens is 314 g/mol. The van der Waals surface area contributed by atoms with Crippen LogP contribution in [0.4, 0.5) is 0 Å². The molecule has 0 aliphatic carbocycles. The highest BCUT2D eigenvalue weighted by Crippen LogP contribution is 2.40. The Kier molecular flexibility index (Phi) is 5.88. The molecule has 1 aliphatic rings. The standard InChI is InChI=1S/C18H21NO3.ClH/c19-11-17-14-8-9-16(20)18(21)15(14)10-13(22-17)7-6-12-4-2-1-3-5-12;/h1-5,8-9,13,17,20-21H,6-7,10-11,19H2;1H. The third-order valence-electron chi connectivity index (χ3n) is 4.24. The third kappa shape index (κ3) is 3.78. The number of hydrogen-bond acceptors (Lipinski definition) is 4. The molecule has 0 saturated carbocycles. The average Bonchev–Trinajstić information content (AvgIpc) is 2.57. The first kappa shape index (κ1) is 17.6. The molecule has 3 rings (SSSR count). The molecule has 0 fully saturated rings. The van der Waals surface area contributed by atoms with E-state index in [2.05, 4.69) is 12.1 Å². The van der Waals surface area contributed by atoms with Crippen LogP contribution in [0.25, 0.3) is 0 Å². The topological polar surface area (TPSA) is 75.7 Å². The minimum absolute atomic E-state index is 0. The lowest BCUT2D eigenvalue weighted by Crippen LogP contribution is -2.30. The second-order valence-electron chi connectivity index (χ2n) is 5.71. The predicted molar refractivity (Wildman–Crippen MR) is 92.2 cm³/mol. The Morgan fingerprint density at radius 2 is 1.83 bits per heavy atom. The molecule has 1 aliphatic heterocycles. The van der Waals surface area contributed by atoms with Gasteiger partial charge in [-0.3, -0.25) is 0 Å². The highest BCUT2D eigenvalue weighted by molar-refractivity contribution is 5.85. The van der Waals surface area contributed by atoms with Crippen LogP contribution in [0, 0.1) is 0 Å². The van der Waals surface area contributed by atoms with Crippen LogP contribution in [0.1, 0.15) is 29.2 Å². The highest BCUT2D eigenvalue weighted by atomic mass is 35.5. The molecular formula is C18H22ClNO3. The molecule has 124 valence electrons. The van der Waals surface area contributed by atoms with Gasteiger partial charge < -0.3 is 20.7 Å². The van der Waals surface area contributed by atoms with Gasteiger partial charge in [0.25, 0.3) is 0 Å². The van der Waals surface area contributed by atoms with Crippen LogP contribution in [-0.4, -0.2) is 22.9 Å². The number of hydrogen-bond donors (Lipinski definition) is 3. The number of nitrogens with two attached hydrogens (primary N) is 1. The first-order valence-corrected chi connectivity index (χ1v) is 7.62. The molecule has 2 aromatic carbocycles. The zero-order valence-electron chi connectivity index (χ0n) is 12.8. The minimum Gasteiger partial charge on any atom is -0.504 e. The fourth-order valence-corrected chi connectivity index (χ4v) is 3.06. The van der Waals surface area contributed by atoms with Crippen molar-refractivity contribution in [2.75, 3.05) is 6.54 Å². The Morgan fingerprint density at radius 3 is 2.52 bits per heavy atom. The molecule has 0 amide bonds. The van der Waals surface area contributed by atoms with Crippen molar-refractivity contribution in [3.05, 3.63) is 59.2 Å². The summed E-state index contributed by atoms with van der Waals surface area (Å²) in [5.41, 5.74) is 8.72. The summed E-state index contributed by atoms with van der Waals surface area (Å²) in [5.74, 6) is -0.123. The van der Waals surface area contributed by atoms with E-state index in [1.165, 1.54) is 11.6 Å². The maximum Gasteiger partial charge on any atom is 0.161 e. The van der Waals surface area contributed by atoms with Gasteiger partial charge in [0, 0.05) is 18.5 Å². The van der Waals surface area contributed by atoms with Gasteiger partial charge in [0.15, 0.2) is 11.5 Å². The fraction of sp³-hybridized carbons (Fsp3) is 0.333. The van der Waals surface area contributed by atoms with Crippen molar-refractivity contribution in [1.29, 1.82) is 0 Å². The first-order chi connectivity index (χ1) is 10.7. The van der Waals surface area contributed by atoms with E-state index in [0.29, 0.717) is 13.0 Å². The largest absolute Gasteiger partial charge is 0.504 e. The Balaban J connectivity index is 0.00000192. The maximum atomic E-state index is 10.1. The molecule has 5 heteroatoms. The van der Waals surface area contributed by atoms with E-state index in [4.69, 9.17) is 10.5 Å². The van der Waals surface area contributed by atoms with Gasteiger partial charge in [0.05, 0.1) is 12.2 Å². The summed E-state index contributed by atoms with van der Waals surface area (Å²) in [6, 6.07) is 13.5. The SMILES string of the molecule is Cl.NCC1OC(CCc2ccccc2)Cc2c1ccc(O)c2O. The molecule has 0 saturated heterocycles. The van der Waals surface area contributed by atoms with Crippen LogP contribution in [0.3, 0.4) is 0 Å². The monoisotopic (exact) mass is 335 g/mol. The van der Waals surface area contributed by atoms with Crippen molar-refractivity contribution < 1.29 is 14.9 Å². The lowest BCUT2D eigenvalue weighted by Gasteiger charge is -2.32. The number of aryl methyl sites for hydroxylation is 1. The highest BCUT2D eigenvalue weighted by Gasteiger charge is 2.29. The summed E-state index contributed by atoms with van der Waals surface area (Å²) in [6.45, 7) is 0.360. The zero-order valence-corrected chi connectivity index (χ0v) is 13.6. The van der Waals surface area contributed by atoms with E-state index >= 15 is 0 Å². The summed E-state index contributed by atoms with van der Waals surface area (Å²) in [5, 5.41) is 19.8. The van der Waals surface area contributed by atoms with Crippen molar-refractivity contribution >= 4 is 12.4 Å². The molecule has 2 atom stereocenters. The van der Waals surface area contributed by atoms with Gasteiger partial charge in [-0.15, -0.1) is 12.4 Å². The zero-order chi connectivity index (χ0) is 15.5. The fourth-order valence-electron chi connectivity index (χ4n) is 3.06. The number of fused-ring (bicyclic) bond motifs is 1. The number of phenols is 2. The molecule has 0 bridgehead atoms. The minimum atomic E-state index is -0.226. The maximum absolute atomic E-state index is 10.1. The van der Waals surface area contributed by atoms with E-state index in [9.17, 15) is 10.2 Å². The third-order valence-corrected chi connectivity index (χ3v) is 4.24. The summed E-state index contributed by atoms with van der Waals surface area (Å²) in [4.78, 5) is 0. The van der Waals surface area contributed by atoms with E-state index in [1.54, 1.807) is 6.07 Å². The number of aromatic hydroxyl groups is 2. The van der Waals surface area contributed by atoms with Crippen LogP contribution in [-0.2, 0) is 17.6 Å². The number of ether oxygens (including phenoxy) is 1. The Hall–Kier alpha value is -1.75. The molecule has 0 radical (unpaired) electrons. The molecule has 4 nitrogen and oxygen atoms in total. The van der Waals surface area contributed by atoms with Crippen LogP contribution in [0.2, 0.25) is 0 Å². The van der Waals surface area contributed by atoms with Crippen LogP contribution in [0.15, 0.2) is 42.5 Å². The van der Waals surface area contributed by atoms with E-state index < -0.39 is 0 Å². The lowest BCUT2D eigenvalue weighted by atomic mass is 9.90. The van der Waals surface area contributed by atoms with Crippen LogP contribution < -0.4 is 5.73 Å². The van der Waals surface area contributed by atoms with Gasteiger partial charge in [0.1, 0.15) is 0 Å². The molecule has 0 spiro atoms. The summed E-state index contributed by atoms with van der Waals surface area (Å²) in [7, 11) is 0. The molecule has 23 heavy (non-hydrogen) atoms. The molecule has 2 aromatic rings. The van der Waals surface area contributed by atoms with Crippen molar-refractivity contribution in [3.63, 3.8) is 0 Å².